The van der Waals surface area contributed by atoms with E-state index in [9.17, 15) is 4.79 Å². The summed E-state index contributed by atoms with van der Waals surface area (Å²) in [7, 11) is 0. The second-order valence-corrected chi connectivity index (χ2v) is 3.13. The van der Waals surface area contributed by atoms with Gasteiger partial charge in [-0.1, -0.05) is 25.5 Å². The monoisotopic (exact) mass is 140 g/mol. The van der Waals surface area contributed by atoms with E-state index in [0.29, 0.717) is 0 Å². The van der Waals surface area contributed by atoms with E-state index in [1.165, 1.54) is 0 Å². The summed E-state index contributed by atoms with van der Waals surface area (Å²) in [5.74, 6) is 0. The summed E-state index contributed by atoms with van der Waals surface area (Å²) in [5, 5.41) is 0. The van der Waals surface area contributed by atoms with Crippen LogP contribution < -0.4 is 0 Å². The van der Waals surface area contributed by atoms with Gasteiger partial charge in [-0.3, -0.25) is 0 Å². The fourth-order valence-electron chi connectivity index (χ4n) is 0.593. The Kier molecular flexibility index (Phi) is 4.01. The number of allylic oxidation sites excluding steroid dienone is 2. The average molecular weight is 140 g/mol. The fraction of sp³-hybridized carbons (Fsp3) is 0.667. The molecule has 0 aliphatic heterocycles. The first-order chi connectivity index (χ1) is 4.62. The van der Waals surface area contributed by atoms with Gasteiger partial charge < -0.3 is 4.79 Å². The van der Waals surface area contributed by atoms with Crippen molar-refractivity contribution in [1.29, 1.82) is 0 Å². The number of unbranched alkanes of at least 4 members (excludes halogenated alkanes) is 1. The molecule has 0 atom stereocenters. The molecular formula is C9H16O. The molecular weight excluding hydrogens is 124 g/mol. The lowest BCUT2D eigenvalue weighted by Gasteiger charge is -2.08. The van der Waals surface area contributed by atoms with Crippen LogP contribution in [-0.4, -0.2) is 6.29 Å². The molecule has 0 saturated heterocycles. The van der Waals surface area contributed by atoms with Crippen LogP contribution in [0.25, 0.3) is 0 Å². The molecule has 0 heterocycles. The van der Waals surface area contributed by atoms with Crippen molar-refractivity contribution in [3.63, 3.8) is 0 Å². The van der Waals surface area contributed by atoms with Crippen LogP contribution in [0.3, 0.4) is 0 Å². The highest BCUT2D eigenvalue weighted by Crippen LogP contribution is 2.12. The van der Waals surface area contributed by atoms with Crippen LogP contribution in [0.4, 0.5) is 0 Å². The van der Waals surface area contributed by atoms with Gasteiger partial charge in [-0.2, -0.15) is 0 Å². The summed E-state index contributed by atoms with van der Waals surface area (Å²) in [5.41, 5.74) is -0.269. The molecule has 0 aliphatic rings. The summed E-state index contributed by atoms with van der Waals surface area (Å²) < 4.78 is 0. The molecule has 0 bridgehead atoms. The van der Waals surface area contributed by atoms with Gasteiger partial charge in [0, 0.05) is 5.41 Å². The summed E-state index contributed by atoms with van der Waals surface area (Å²) in [6.45, 7) is 5.94. The van der Waals surface area contributed by atoms with Gasteiger partial charge in [-0.05, 0) is 20.3 Å². The Labute approximate surface area is 63.1 Å². The topological polar surface area (TPSA) is 17.1 Å². The molecule has 0 radical (unpaired) electrons. The Morgan fingerprint density at radius 3 is 2.40 bits per heavy atom. The van der Waals surface area contributed by atoms with Crippen LogP contribution in [0.15, 0.2) is 12.2 Å². The molecule has 0 aromatic carbocycles. The number of carbonyl (C=O) groups excluding carboxylic acids is 1. The first kappa shape index (κ1) is 9.41. The van der Waals surface area contributed by atoms with E-state index in [1.54, 1.807) is 0 Å². The van der Waals surface area contributed by atoms with E-state index < -0.39 is 0 Å². The summed E-state index contributed by atoms with van der Waals surface area (Å²) in [6, 6.07) is 0. The van der Waals surface area contributed by atoms with Crippen molar-refractivity contribution >= 4 is 6.29 Å². The van der Waals surface area contributed by atoms with E-state index in [1.807, 2.05) is 19.9 Å². The first-order valence-corrected chi connectivity index (χ1v) is 3.76. The Morgan fingerprint density at radius 2 is 2.00 bits per heavy atom. The van der Waals surface area contributed by atoms with E-state index in [2.05, 4.69) is 13.0 Å². The Bertz CT molecular complexity index is 123. The molecule has 10 heavy (non-hydrogen) atoms. The highest BCUT2D eigenvalue weighted by molar-refractivity contribution is 5.61. The van der Waals surface area contributed by atoms with Crippen molar-refractivity contribution in [3.8, 4) is 0 Å². The van der Waals surface area contributed by atoms with Crippen LogP contribution in [0.1, 0.15) is 33.6 Å². The Morgan fingerprint density at radius 1 is 1.40 bits per heavy atom. The molecule has 1 heteroatoms. The van der Waals surface area contributed by atoms with Crippen LogP contribution in [0.2, 0.25) is 0 Å². The molecule has 0 aliphatic carbocycles. The van der Waals surface area contributed by atoms with Crippen molar-refractivity contribution < 1.29 is 4.79 Å². The number of hydrogen-bond donors (Lipinski definition) is 0. The maximum Gasteiger partial charge on any atom is 0.129 e. The van der Waals surface area contributed by atoms with E-state index in [0.717, 1.165) is 19.1 Å². The van der Waals surface area contributed by atoms with E-state index >= 15 is 0 Å². The lowest BCUT2D eigenvalue weighted by Crippen LogP contribution is -2.07. The highest BCUT2D eigenvalue weighted by Gasteiger charge is 2.09. The molecule has 0 aromatic rings. The average Bonchev–Trinajstić information content (AvgIpc) is 1.89. The molecule has 0 saturated carbocycles. The minimum Gasteiger partial charge on any atom is -0.302 e. The zero-order valence-corrected chi connectivity index (χ0v) is 7.05. The number of rotatable bonds is 4. The first-order valence-electron chi connectivity index (χ1n) is 3.76. The van der Waals surface area contributed by atoms with Crippen molar-refractivity contribution in [1.82, 2.24) is 0 Å². The van der Waals surface area contributed by atoms with Gasteiger partial charge in [-0.15, -0.1) is 0 Å². The van der Waals surface area contributed by atoms with Gasteiger partial charge in [0.2, 0.25) is 0 Å². The van der Waals surface area contributed by atoms with Crippen LogP contribution in [0.5, 0.6) is 0 Å². The van der Waals surface area contributed by atoms with Gasteiger partial charge in [0.25, 0.3) is 0 Å². The maximum absolute atomic E-state index is 10.4. The summed E-state index contributed by atoms with van der Waals surface area (Å²) in [6.07, 6.45) is 7.21. The van der Waals surface area contributed by atoms with Crippen LogP contribution >= 0.6 is 0 Å². The molecule has 0 unspecified atom stereocenters. The second kappa shape index (κ2) is 4.26. The number of aldehydes is 1. The molecule has 0 aromatic heterocycles. The van der Waals surface area contributed by atoms with Crippen molar-refractivity contribution in [3.05, 3.63) is 12.2 Å². The third-order valence-corrected chi connectivity index (χ3v) is 1.31. The quantitative estimate of drug-likeness (QED) is 0.433. The minimum absolute atomic E-state index is 0.269. The van der Waals surface area contributed by atoms with Gasteiger partial charge in [0.05, 0.1) is 0 Å². The second-order valence-electron chi connectivity index (χ2n) is 3.13. The van der Waals surface area contributed by atoms with E-state index in [-0.39, 0.29) is 5.41 Å². The molecule has 58 valence electrons. The van der Waals surface area contributed by atoms with Gasteiger partial charge in [0.15, 0.2) is 0 Å². The number of carbonyl (C=O) groups is 1. The molecule has 1 nitrogen and oxygen atoms in total. The van der Waals surface area contributed by atoms with Gasteiger partial charge >= 0.3 is 0 Å². The number of hydrogen-bond acceptors (Lipinski definition) is 1. The summed E-state index contributed by atoms with van der Waals surface area (Å²) in [4.78, 5) is 10.4. The molecule has 0 spiro atoms. The molecule has 0 N–H and O–H groups in total. The predicted octanol–water partition coefficient (Wildman–Crippen LogP) is 2.57. The lowest BCUT2D eigenvalue weighted by molar-refractivity contribution is -0.112. The standard InChI is InChI=1S/C9H16O/c1-4-5-6-7-9(2,3)8-10/h6-8H,4-5H2,1-3H3. The minimum atomic E-state index is -0.269. The highest BCUT2D eigenvalue weighted by atomic mass is 16.1. The zero-order valence-electron chi connectivity index (χ0n) is 7.05. The van der Waals surface area contributed by atoms with Gasteiger partial charge in [0.1, 0.15) is 6.29 Å². The molecule has 0 fully saturated rings. The largest absolute Gasteiger partial charge is 0.302 e. The van der Waals surface area contributed by atoms with Crippen molar-refractivity contribution in [2.45, 2.75) is 33.6 Å². The van der Waals surface area contributed by atoms with E-state index in [4.69, 9.17) is 0 Å². The lowest BCUT2D eigenvalue weighted by atomic mass is 9.95. The maximum atomic E-state index is 10.4. The SMILES string of the molecule is CCCC=CC(C)(C)C=O. The van der Waals surface area contributed by atoms with Crippen LogP contribution in [-0.2, 0) is 4.79 Å². The predicted molar refractivity (Wildman–Crippen MR) is 43.9 cm³/mol. The summed E-state index contributed by atoms with van der Waals surface area (Å²) >= 11 is 0. The third-order valence-electron chi connectivity index (χ3n) is 1.31. The third kappa shape index (κ3) is 4.30. The molecule has 0 amide bonds. The smallest absolute Gasteiger partial charge is 0.129 e. The normalized spacial score (nSPS) is 12.3. The molecule has 0 rings (SSSR count). The Hall–Kier alpha value is -0.590. The van der Waals surface area contributed by atoms with Crippen molar-refractivity contribution in [2.24, 2.45) is 5.41 Å². The van der Waals surface area contributed by atoms with Crippen molar-refractivity contribution in [2.75, 3.05) is 0 Å². The fourth-order valence-corrected chi connectivity index (χ4v) is 0.593. The Balaban J connectivity index is 3.74. The van der Waals surface area contributed by atoms with Gasteiger partial charge in [-0.25, -0.2) is 0 Å². The zero-order chi connectivity index (χ0) is 8.04. The van der Waals surface area contributed by atoms with Crippen LogP contribution in [0, 0.1) is 5.41 Å².